The summed E-state index contributed by atoms with van der Waals surface area (Å²) in [6.07, 6.45) is 3.45. The van der Waals surface area contributed by atoms with Crippen LogP contribution in [0, 0.1) is 0 Å². The highest BCUT2D eigenvalue weighted by molar-refractivity contribution is 5.67. The lowest BCUT2D eigenvalue weighted by molar-refractivity contribution is 0.138. The summed E-state index contributed by atoms with van der Waals surface area (Å²) in [4.78, 5) is 11.2. The van der Waals surface area contributed by atoms with E-state index >= 15 is 0 Å². The fraction of sp³-hybridized carbons (Fsp3) is 0.917. The third kappa shape index (κ3) is 11.6. The van der Waals surface area contributed by atoms with E-state index in [0.29, 0.717) is 6.54 Å². The molecule has 0 bridgehead atoms. The van der Waals surface area contributed by atoms with Crippen LogP contribution in [-0.2, 0) is 4.74 Å². The highest BCUT2D eigenvalue weighted by Crippen LogP contribution is 1.88. The summed E-state index contributed by atoms with van der Waals surface area (Å²) in [5.41, 5.74) is 11.0. The Morgan fingerprint density at radius 1 is 1.22 bits per heavy atom. The van der Waals surface area contributed by atoms with E-state index in [1.165, 1.54) is 0 Å². The number of hydrogen-bond donors (Lipinski definition) is 4. The largest absolute Gasteiger partial charge is 0.448 e. The Bertz CT molecular complexity index is 203. The number of alkyl carbamates (subject to hydrolysis) is 1. The Balaban J connectivity index is 3.20. The van der Waals surface area contributed by atoms with Gasteiger partial charge in [-0.2, -0.15) is 0 Å². The summed E-state index contributed by atoms with van der Waals surface area (Å²) < 4.78 is 4.95. The lowest BCUT2D eigenvalue weighted by Crippen LogP contribution is -2.33. The maximum atomic E-state index is 11.2. The smallest absolute Gasteiger partial charge is 0.407 e. The SMILES string of the molecule is CCC(N)COC(=O)NCCCNCCCCN. The van der Waals surface area contributed by atoms with Gasteiger partial charge in [0.2, 0.25) is 0 Å². The van der Waals surface area contributed by atoms with Crippen molar-refractivity contribution >= 4 is 6.09 Å². The number of ether oxygens (including phenoxy) is 1. The van der Waals surface area contributed by atoms with E-state index < -0.39 is 0 Å². The summed E-state index contributed by atoms with van der Waals surface area (Å²) in [5, 5.41) is 5.97. The van der Waals surface area contributed by atoms with Crippen LogP contribution in [0.3, 0.4) is 0 Å². The molecule has 0 rings (SSSR count). The summed E-state index contributed by atoms with van der Waals surface area (Å²) in [7, 11) is 0. The van der Waals surface area contributed by atoms with Crippen molar-refractivity contribution in [1.82, 2.24) is 10.6 Å². The number of carbonyl (C=O) groups is 1. The van der Waals surface area contributed by atoms with Crippen LogP contribution in [-0.4, -0.2) is 44.9 Å². The van der Waals surface area contributed by atoms with E-state index in [0.717, 1.165) is 45.3 Å². The molecular formula is C12H28N4O2. The predicted molar refractivity (Wildman–Crippen MR) is 73.4 cm³/mol. The molecule has 6 nitrogen and oxygen atoms in total. The fourth-order valence-corrected chi connectivity index (χ4v) is 1.27. The topological polar surface area (TPSA) is 102 Å². The second-order valence-electron chi connectivity index (χ2n) is 4.29. The van der Waals surface area contributed by atoms with Crippen LogP contribution in [0.25, 0.3) is 0 Å². The molecule has 6 N–H and O–H groups in total. The van der Waals surface area contributed by atoms with Gasteiger partial charge in [0.1, 0.15) is 6.61 Å². The quantitative estimate of drug-likeness (QED) is 0.397. The molecule has 108 valence electrons. The number of unbranched alkanes of at least 4 members (excludes halogenated alkanes) is 1. The molecule has 0 aromatic carbocycles. The van der Waals surface area contributed by atoms with Crippen molar-refractivity contribution in [3.63, 3.8) is 0 Å². The van der Waals surface area contributed by atoms with Crippen molar-refractivity contribution < 1.29 is 9.53 Å². The van der Waals surface area contributed by atoms with Crippen LogP contribution < -0.4 is 22.1 Å². The molecule has 0 aromatic heterocycles. The summed E-state index contributed by atoms with van der Waals surface area (Å²) in [6, 6.07) is -0.0695. The number of rotatable bonds is 11. The maximum absolute atomic E-state index is 11.2. The minimum atomic E-state index is -0.387. The number of nitrogens with two attached hydrogens (primary N) is 2. The molecule has 0 fully saturated rings. The number of carbonyl (C=O) groups excluding carboxylic acids is 1. The molecule has 1 amide bonds. The highest BCUT2D eigenvalue weighted by atomic mass is 16.5. The van der Waals surface area contributed by atoms with Crippen LogP contribution in [0.1, 0.15) is 32.6 Å². The molecule has 1 atom stereocenters. The van der Waals surface area contributed by atoms with Crippen LogP contribution in [0.5, 0.6) is 0 Å². The van der Waals surface area contributed by atoms with Gasteiger partial charge in [0, 0.05) is 12.6 Å². The zero-order valence-electron chi connectivity index (χ0n) is 11.4. The maximum Gasteiger partial charge on any atom is 0.407 e. The Labute approximate surface area is 110 Å². The van der Waals surface area contributed by atoms with Gasteiger partial charge in [0.15, 0.2) is 0 Å². The predicted octanol–water partition coefficient (Wildman–Crippen LogP) is 0.169. The van der Waals surface area contributed by atoms with E-state index in [-0.39, 0.29) is 18.7 Å². The van der Waals surface area contributed by atoms with Gasteiger partial charge in [0.25, 0.3) is 0 Å². The summed E-state index contributed by atoms with van der Waals surface area (Å²) in [5.74, 6) is 0. The van der Waals surface area contributed by atoms with E-state index in [9.17, 15) is 4.79 Å². The van der Waals surface area contributed by atoms with Gasteiger partial charge >= 0.3 is 6.09 Å². The van der Waals surface area contributed by atoms with Crippen molar-refractivity contribution in [3.8, 4) is 0 Å². The first kappa shape index (κ1) is 17.2. The first-order valence-corrected chi connectivity index (χ1v) is 6.77. The average Bonchev–Trinajstić information content (AvgIpc) is 2.39. The number of hydrogen-bond acceptors (Lipinski definition) is 5. The summed E-state index contributed by atoms with van der Waals surface area (Å²) in [6.45, 7) is 5.47. The van der Waals surface area contributed by atoms with Crippen LogP contribution in [0.2, 0.25) is 0 Å². The van der Waals surface area contributed by atoms with Gasteiger partial charge in [-0.05, 0) is 45.3 Å². The van der Waals surface area contributed by atoms with Gasteiger partial charge in [-0.15, -0.1) is 0 Å². The average molecular weight is 260 g/mol. The minimum absolute atomic E-state index is 0.0695. The second-order valence-corrected chi connectivity index (χ2v) is 4.29. The molecule has 0 spiro atoms. The van der Waals surface area contributed by atoms with Crippen LogP contribution in [0.4, 0.5) is 4.79 Å². The summed E-state index contributed by atoms with van der Waals surface area (Å²) >= 11 is 0. The zero-order valence-corrected chi connectivity index (χ0v) is 11.4. The number of amides is 1. The third-order valence-electron chi connectivity index (χ3n) is 2.56. The fourth-order valence-electron chi connectivity index (χ4n) is 1.27. The van der Waals surface area contributed by atoms with E-state index in [1.54, 1.807) is 0 Å². The molecule has 0 aliphatic rings. The second kappa shape index (κ2) is 12.6. The molecule has 0 saturated carbocycles. The highest BCUT2D eigenvalue weighted by Gasteiger charge is 2.04. The van der Waals surface area contributed by atoms with Crippen LogP contribution >= 0.6 is 0 Å². The lowest BCUT2D eigenvalue weighted by Gasteiger charge is -2.10. The van der Waals surface area contributed by atoms with Crippen LogP contribution in [0.15, 0.2) is 0 Å². The Hall–Kier alpha value is -0.850. The van der Waals surface area contributed by atoms with Crippen molar-refractivity contribution in [2.45, 2.75) is 38.6 Å². The monoisotopic (exact) mass is 260 g/mol. The molecule has 0 aliphatic heterocycles. The molecule has 6 heteroatoms. The Kier molecular flexibility index (Phi) is 12.0. The van der Waals surface area contributed by atoms with Crippen molar-refractivity contribution in [1.29, 1.82) is 0 Å². The molecule has 0 heterocycles. The zero-order chi connectivity index (χ0) is 13.6. The molecule has 0 saturated heterocycles. The van der Waals surface area contributed by atoms with E-state index in [4.69, 9.17) is 16.2 Å². The van der Waals surface area contributed by atoms with E-state index in [1.807, 2.05) is 6.92 Å². The lowest BCUT2D eigenvalue weighted by atomic mass is 10.3. The van der Waals surface area contributed by atoms with Gasteiger partial charge < -0.3 is 26.8 Å². The van der Waals surface area contributed by atoms with E-state index in [2.05, 4.69) is 10.6 Å². The minimum Gasteiger partial charge on any atom is -0.448 e. The Morgan fingerprint density at radius 2 is 1.94 bits per heavy atom. The molecule has 0 radical (unpaired) electrons. The number of nitrogens with one attached hydrogen (secondary N) is 2. The van der Waals surface area contributed by atoms with Crippen molar-refractivity contribution in [3.05, 3.63) is 0 Å². The molecule has 0 aliphatic carbocycles. The normalized spacial score (nSPS) is 12.2. The van der Waals surface area contributed by atoms with Crippen molar-refractivity contribution in [2.75, 3.05) is 32.8 Å². The van der Waals surface area contributed by atoms with Gasteiger partial charge in [-0.3, -0.25) is 0 Å². The Morgan fingerprint density at radius 3 is 2.61 bits per heavy atom. The standard InChI is InChI=1S/C12H28N4O2/c1-2-11(14)10-18-12(17)16-9-5-8-15-7-4-3-6-13/h11,15H,2-10,13-14H2,1H3,(H,16,17). The molecule has 1 unspecified atom stereocenters. The third-order valence-corrected chi connectivity index (χ3v) is 2.56. The van der Waals surface area contributed by atoms with Gasteiger partial charge in [-0.25, -0.2) is 4.79 Å². The van der Waals surface area contributed by atoms with Gasteiger partial charge in [-0.1, -0.05) is 6.92 Å². The molecular weight excluding hydrogens is 232 g/mol. The molecule has 18 heavy (non-hydrogen) atoms. The first-order chi connectivity index (χ1) is 8.70. The van der Waals surface area contributed by atoms with Gasteiger partial charge in [0.05, 0.1) is 0 Å². The van der Waals surface area contributed by atoms with Crippen molar-refractivity contribution in [2.24, 2.45) is 11.5 Å². The first-order valence-electron chi connectivity index (χ1n) is 6.77. The molecule has 0 aromatic rings.